The number of hydrogen-bond acceptors (Lipinski definition) is 7. The molecule has 10 heteroatoms. The molecule has 0 saturated heterocycles. The quantitative estimate of drug-likeness (QED) is 0.135. The van der Waals surface area contributed by atoms with E-state index in [0.29, 0.717) is 29.5 Å². The van der Waals surface area contributed by atoms with E-state index in [2.05, 4.69) is 87.0 Å². The predicted molar refractivity (Wildman–Crippen MR) is 211 cm³/mol. The number of rotatable bonds is 9. The average Bonchev–Trinajstić information content (AvgIpc) is 3.95. The first-order chi connectivity index (χ1) is 26.6. The van der Waals surface area contributed by atoms with Crippen LogP contribution in [0, 0.1) is 11.3 Å². The predicted octanol–water partition coefficient (Wildman–Crippen LogP) is 9.58. The van der Waals surface area contributed by atoms with E-state index >= 15 is 0 Å². The van der Waals surface area contributed by atoms with Crippen LogP contribution in [-0.4, -0.2) is 34.7 Å². The molecular weight excluding hydrogens is 736 g/mol. The molecular formula is C44H31BrN8O. The summed E-state index contributed by atoms with van der Waals surface area (Å²) in [5, 5.41) is 25.1. The molecule has 4 aromatic heterocycles. The van der Waals surface area contributed by atoms with Gasteiger partial charge in [-0.1, -0.05) is 128 Å². The topological polar surface area (TPSA) is 111 Å². The van der Waals surface area contributed by atoms with E-state index in [-0.39, 0.29) is 0 Å². The smallest absolute Gasteiger partial charge is 0.205 e. The molecule has 0 amide bonds. The second kappa shape index (κ2) is 13.7. The number of aromatic nitrogens is 7. The number of hydrogen-bond donors (Lipinski definition) is 0. The minimum absolute atomic E-state index is 0.364. The van der Waals surface area contributed by atoms with Crippen molar-refractivity contribution in [1.29, 1.82) is 5.26 Å². The molecule has 0 radical (unpaired) electrons. The maximum atomic E-state index is 9.49. The summed E-state index contributed by atoms with van der Waals surface area (Å²) in [6.45, 7) is 2.61. The van der Waals surface area contributed by atoms with Crippen LogP contribution in [0.5, 0.6) is 0 Å². The summed E-state index contributed by atoms with van der Waals surface area (Å²) in [6.07, 6.45) is 0.735. The highest BCUT2D eigenvalue weighted by molar-refractivity contribution is 9.10. The van der Waals surface area contributed by atoms with E-state index in [4.69, 9.17) is 24.8 Å². The van der Waals surface area contributed by atoms with Crippen molar-refractivity contribution in [3.05, 3.63) is 184 Å². The third kappa shape index (κ3) is 5.49. The van der Waals surface area contributed by atoms with Crippen molar-refractivity contribution in [1.82, 2.24) is 34.7 Å². The fourth-order valence-corrected chi connectivity index (χ4v) is 7.94. The first-order valence-electron chi connectivity index (χ1n) is 17.6. The second-order valence-corrected chi connectivity index (χ2v) is 13.7. The minimum atomic E-state index is -0.899. The Balaban J connectivity index is 1.14. The standard InChI is InChI=1S/C44H31BrN8O/c1-2-39-48-37-24-23-33(27-46)47-43(37)52(39)28-29-22-25-38-36(26-29)40(45)41(54-38)34-20-12-13-21-35(34)42-49-51-53(50-42)44(30-14-6-3-7-15-30,31-16-8-4-9-17-31)32-18-10-5-11-19-32/h3-26H,2,28H2,1H3. The Bertz CT molecular complexity index is 2720. The lowest BCUT2D eigenvalue weighted by atomic mass is 9.77. The summed E-state index contributed by atoms with van der Waals surface area (Å²) in [5.41, 5.74) is 7.34. The van der Waals surface area contributed by atoms with E-state index in [1.807, 2.05) is 91.0 Å². The number of tetrazole rings is 1. The van der Waals surface area contributed by atoms with Gasteiger partial charge in [0.2, 0.25) is 5.82 Å². The Hall–Kier alpha value is -6.70. The number of aryl methyl sites for hydroxylation is 1. The molecule has 0 aliphatic carbocycles. The van der Waals surface area contributed by atoms with Gasteiger partial charge in [-0.05, 0) is 67.7 Å². The number of fused-ring (bicyclic) bond motifs is 2. The molecule has 4 heterocycles. The SMILES string of the molecule is CCc1nc2ccc(C#N)nc2n1Cc1ccc2oc(-c3ccccc3-c3nnn(C(c4ccccc4)(c4ccccc4)c4ccccc4)n3)c(Br)c2c1. The largest absolute Gasteiger partial charge is 0.455 e. The van der Waals surface area contributed by atoms with Crippen LogP contribution in [0.3, 0.4) is 0 Å². The molecule has 0 N–H and O–H groups in total. The summed E-state index contributed by atoms with van der Waals surface area (Å²) >= 11 is 3.90. The van der Waals surface area contributed by atoms with Gasteiger partial charge in [0.05, 0.1) is 11.0 Å². The number of benzene rings is 5. The average molecular weight is 768 g/mol. The zero-order valence-corrected chi connectivity index (χ0v) is 30.7. The zero-order valence-electron chi connectivity index (χ0n) is 29.1. The normalized spacial score (nSPS) is 11.6. The molecule has 0 aliphatic heterocycles. The van der Waals surface area contributed by atoms with E-state index in [9.17, 15) is 5.26 Å². The third-order valence-electron chi connectivity index (χ3n) is 9.84. The second-order valence-electron chi connectivity index (χ2n) is 13.0. The lowest BCUT2D eigenvalue weighted by molar-refractivity contribution is 0.396. The summed E-state index contributed by atoms with van der Waals surface area (Å²) in [6, 6.07) is 50.7. The van der Waals surface area contributed by atoms with Crippen LogP contribution >= 0.6 is 15.9 Å². The molecule has 0 spiro atoms. The number of nitriles is 1. The van der Waals surface area contributed by atoms with E-state index in [1.54, 1.807) is 10.9 Å². The van der Waals surface area contributed by atoms with Gasteiger partial charge < -0.3 is 8.98 Å². The maximum absolute atomic E-state index is 9.49. The van der Waals surface area contributed by atoms with Crippen LogP contribution in [0.2, 0.25) is 0 Å². The first-order valence-corrected chi connectivity index (χ1v) is 18.4. The van der Waals surface area contributed by atoms with Gasteiger partial charge in [0.25, 0.3) is 0 Å². The van der Waals surface area contributed by atoms with Crippen molar-refractivity contribution < 1.29 is 4.42 Å². The molecule has 0 aliphatic rings. The molecule has 0 atom stereocenters. The molecule has 0 fully saturated rings. The molecule has 9 rings (SSSR count). The molecule has 9 aromatic rings. The molecule has 5 aromatic carbocycles. The first kappa shape index (κ1) is 33.2. The van der Waals surface area contributed by atoms with Gasteiger partial charge in [0.1, 0.15) is 34.4 Å². The van der Waals surface area contributed by atoms with E-state index in [1.165, 1.54) is 0 Å². The fourth-order valence-electron chi connectivity index (χ4n) is 7.34. The molecule has 0 bridgehead atoms. The minimum Gasteiger partial charge on any atom is -0.455 e. The van der Waals surface area contributed by atoms with E-state index in [0.717, 1.165) is 66.6 Å². The van der Waals surface area contributed by atoms with Gasteiger partial charge in [-0.2, -0.15) is 5.26 Å². The lowest BCUT2D eigenvalue weighted by Crippen LogP contribution is -2.39. The van der Waals surface area contributed by atoms with Crippen molar-refractivity contribution in [2.45, 2.75) is 25.4 Å². The summed E-state index contributed by atoms with van der Waals surface area (Å²) < 4.78 is 9.47. The van der Waals surface area contributed by atoms with Gasteiger partial charge in [0.15, 0.2) is 11.2 Å². The Morgan fingerprint density at radius 3 is 2.00 bits per heavy atom. The summed E-state index contributed by atoms with van der Waals surface area (Å²) in [7, 11) is 0. The monoisotopic (exact) mass is 766 g/mol. The van der Waals surface area contributed by atoms with Crippen molar-refractivity contribution in [3.8, 4) is 28.8 Å². The third-order valence-corrected chi connectivity index (χ3v) is 10.6. The number of nitrogens with zero attached hydrogens (tertiary/aromatic N) is 8. The Morgan fingerprint density at radius 1 is 0.741 bits per heavy atom. The summed E-state index contributed by atoms with van der Waals surface area (Å²) in [5.74, 6) is 2.04. The Morgan fingerprint density at radius 2 is 1.37 bits per heavy atom. The van der Waals surface area contributed by atoms with Gasteiger partial charge >= 0.3 is 0 Å². The van der Waals surface area contributed by atoms with Crippen molar-refractivity contribution >= 4 is 38.1 Å². The molecule has 9 nitrogen and oxygen atoms in total. The van der Waals surface area contributed by atoms with Crippen molar-refractivity contribution in [2.24, 2.45) is 0 Å². The highest BCUT2D eigenvalue weighted by Gasteiger charge is 2.41. The molecule has 0 saturated carbocycles. The Labute approximate surface area is 319 Å². The van der Waals surface area contributed by atoms with Crippen LogP contribution in [0.15, 0.2) is 154 Å². The van der Waals surface area contributed by atoms with Crippen LogP contribution in [-0.2, 0) is 18.5 Å². The van der Waals surface area contributed by atoms with Gasteiger partial charge in [-0.3, -0.25) is 0 Å². The molecule has 54 heavy (non-hydrogen) atoms. The van der Waals surface area contributed by atoms with Gasteiger partial charge in [0, 0.05) is 22.9 Å². The molecule has 0 unspecified atom stereocenters. The zero-order chi connectivity index (χ0) is 36.6. The van der Waals surface area contributed by atoms with Crippen LogP contribution < -0.4 is 0 Å². The summed E-state index contributed by atoms with van der Waals surface area (Å²) in [4.78, 5) is 11.1. The maximum Gasteiger partial charge on any atom is 0.205 e. The van der Waals surface area contributed by atoms with E-state index < -0.39 is 5.54 Å². The highest BCUT2D eigenvalue weighted by Crippen LogP contribution is 2.43. The van der Waals surface area contributed by atoms with Gasteiger partial charge in [-0.25, -0.2) is 9.97 Å². The number of furan rings is 1. The van der Waals surface area contributed by atoms with Crippen molar-refractivity contribution in [2.75, 3.05) is 0 Å². The van der Waals surface area contributed by atoms with Gasteiger partial charge in [-0.15, -0.1) is 15.0 Å². The Kier molecular flexibility index (Phi) is 8.41. The highest BCUT2D eigenvalue weighted by atomic mass is 79.9. The molecule has 260 valence electrons. The van der Waals surface area contributed by atoms with Crippen molar-refractivity contribution in [3.63, 3.8) is 0 Å². The number of pyridine rings is 1. The number of halogens is 1. The van der Waals surface area contributed by atoms with Crippen LogP contribution in [0.1, 0.15) is 40.7 Å². The fraction of sp³-hybridized carbons (Fsp3) is 0.0909. The lowest BCUT2D eigenvalue weighted by Gasteiger charge is -2.34. The van der Waals surface area contributed by atoms with Crippen LogP contribution in [0.4, 0.5) is 0 Å². The van der Waals surface area contributed by atoms with Crippen LogP contribution in [0.25, 0.3) is 44.8 Å². The number of imidazole rings is 1.